The summed E-state index contributed by atoms with van der Waals surface area (Å²) >= 11 is 5.34. The van der Waals surface area contributed by atoms with Gasteiger partial charge < -0.3 is 5.32 Å². The molecule has 1 aliphatic heterocycles. The van der Waals surface area contributed by atoms with Crippen LogP contribution in [0.15, 0.2) is 33.7 Å². The molecule has 2 atom stereocenters. The molecule has 0 bridgehead atoms. The van der Waals surface area contributed by atoms with E-state index in [2.05, 4.69) is 45.5 Å². The van der Waals surface area contributed by atoms with Gasteiger partial charge >= 0.3 is 0 Å². The van der Waals surface area contributed by atoms with Crippen LogP contribution in [-0.4, -0.2) is 17.3 Å². The van der Waals surface area contributed by atoms with Gasteiger partial charge in [0.1, 0.15) is 0 Å². The molecule has 1 aromatic rings. The fraction of sp³-hybridized carbons (Fsp3) is 0.500. The third-order valence-electron chi connectivity index (χ3n) is 3.59. The van der Waals surface area contributed by atoms with Crippen molar-refractivity contribution < 1.29 is 0 Å². The second-order valence-electron chi connectivity index (χ2n) is 4.96. The minimum atomic E-state index is 0.545. The minimum Gasteiger partial charge on any atom is -0.360 e. The Kier molecular flexibility index (Phi) is 3.94. The fourth-order valence-electron chi connectivity index (χ4n) is 2.64. The Morgan fingerprint density at radius 2 is 2.22 bits per heavy atom. The van der Waals surface area contributed by atoms with Crippen molar-refractivity contribution in [3.05, 3.63) is 34.3 Å². The molecule has 3 rings (SSSR count). The zero-order valence-corrected chi connectivity index (χ0v) is 12.6. The van der Waals surface area contributed by atoms with Crippen molar-refractivity contribution in [2.24, 2.45) is 4.99 Å². The summed E-state index contributed by atoms with van der Waals surface area (Å²) in [6.07, 6.45) is 5.25. The van der Waals surface area contributed by atoms with Crippen LogP contribution in [0.25, 0.3) is 0 Å². The smallest absolute Gasteiger partial charge is 0.157 e. The summed E-state index contributed by atoms with van der Waals surface area (Å²) in [6.45, 7) is 0. The second kappa shape index (κ2) is 5.66. The van der Waals surface area contributed by atoms with E-state index in [4.69, 9.17) is 4.99 Å². The van der Waals surface area contributed by atoms with E-state index in [1.54, 1.807) is 0 Å². The Bertz CT molecular complexity index is 461. The van der Waals surface area contributed by atoms with E-state index < -0.39 is 0 Å². The molecular weight excluding hydrogens is 308 g/mol. The lowest BCUT2D eigenvalue weighted by atomic mass is 9.92. The third-order valence-corrected chi connectivity index (χ3v) is 5.05. The standard InChI is InChI=1S/C14H17BrN2S/c15-11-5-3-4-10(8-11)9-18-14-16-12-6-1-2-7-13(12)17-14/h3-5,8,12-13H,1-2,6-7,9H2,(H,16,17)/t12-,13+. The molecule has 1 aliphatic carbocycles. The van der Waals surface area contributed by atoms with Crippen LogP contribution in [-0.2, 0) is 5.75 Å². The highest BCUT2D eigenvalue weighted by atomic mass is 79.9. The Hall–Kier alpha value is -0.480. The molecule has 18 heavy (non-hydrogen) atoms. The maximum absolute atomic E-state index is 4.80. The molecule has 0 radical (unpaired) electrons. The normalized spacial score (nSPS) is 26.4. The van der Waals surface area contributed by atoms with Crippen LogP contribution in [0.4, 0.5) is 0 Å². The molecule has 0 unspecified atom stereocenters. The van der Waals surface area contributed by atoms with Crippen molar-refractivity contribution in [1.82, 2.24) is 5.32 Å². The molecule has 1 saturated carbocycles. The summed E-state index contributed by atoms with van der Waals surface area (Å²) < 4.78 is 1.15. The largest absolute Gasteiger partial charge is 0.360 e. The molecule has 2 nitrogen and oxygen atoms in total. The van der Waals surface area contributed by atoms with Gasteiger partial charge in [-0.15, -0.1) is 0 Å². The summed E-state index contributed by atoms with van der Waals surface area (Å²) in [5, 5.41) is 4.72. The Morgan fingerprint density at radius 1 is 1.33 bits per heavy atom. The predicted molar refractivity (Wildman–Crippen MR) is 82.1 cm³/mol. The van der Waals surface area contributed by atoms with Gasteiger partial charge in [-0.2, -0.15) is 0 Å². The van der Waals surface area contributed by atoms with Gasteiger partial charge in [0, 0.05) is 10.2 Å². The van der Waals surface area contributed by atoms with Gasteiger partial charge in [-0.3, -0.25) is 4.99 Å². The van der Waals surface area contributed by atoms with E-state index in [-0.39, 0.29) is 0 Å². The lowest BCUT2D eigenvalue weighted by Crippen LogP contribution is -2.36. The predicted octanol–water partition coefficient (Wildman–Crippen LogP) is 3.95. The van der Waals surface area contributed by atoms with Crippen molar-refractivity contribution in [2.45, 2.75) is 43.5 Å². The summed E-state index contributed by atoms with van der Waals surface area (Å²) in [5.74, 6) is 0.991. The average molecular weight is 325 g/mol. The first kappa shape index (κ1) is 12.5. The number of halogens is 1. The Labute approximate surface area is 121 Å². The van der Waals surface area contributed by atoms with Crippen molar-refractivity contribution in [3.8, 4) is 0 Å². The van der Waals surface area contributed by atoms with Gasteiger partial charge in [-0.1, -0.05) is 52.7 Å². The number of amidine groups is 1. The molecule has 0 spiro atoms. The first-order valence-corrected chi connectivity index (χ1v) is 8.31. The molecule has 1 aromatic carbocycles. The number of rotatable bonds is 2. The van der Waals surface area contributed by atoms with Gasteiger partial charge in [0.2, 0.25) is 0 Å². The molecular formula is C14H17BrN2S. The van der Waals surface area contributed by atoms with Crippen LogP contribution in [0.2, 0.25) is 0 Å². The molecule has 0 aromatic heterocycles. The summed E-state index contributed by atoms with van der Waals surface area (Å²) in [7, 11) is 0. The number of nitrogens with zero attached hydrogens (tertiary/aromatic N) is 1. The van der Waals surface area contributed by atoms with Crippen molar-refractivity contribution in [2.75, 3.05) is 0 Å². The monoisotopic (exact) mass is 324 g/mol. The SMILES string of the molecule is Brc1cccc(CSC2=N[C@@H]3CCCC[C@@H]3N2)c1. The molecule has 1 heterocycles. The first-order valence-electron chi connectivity index (χ1n) is 6.53. The van der Waals surface area contributed by atoms with Crippen molar-refractivity contribution in [3.63, 3.8) is 0 Å². The molecule has 1 N–H and O–H groups in total. The lowest BCUT2D eigenvalue weighted by molar-refractivity contribution is 0.385. The minimum absolute atomic E-state index is 0.545. The number of thioether (sulfide) groups is 1. The molecule has 1 fully saturated rings. The fourth-order valence-corrected chi connectivity index (χ4v) is 4.01. The van der Waals surface area contributed by atoms with E-state index in [0.29, 0.717) is 12.1 Å². The topological polar surface area (TPSA) is 24.4 Å². The number of benzene rings is 1. The highest BCUT2D eigenvalue weighted by molar-refractivity contribution is 9.10. The maximum Gasteiger partial charge on any atom is 0.157 e. The summed E-state index contributed by atoms with van der Waals surface area (Å²) in [6, 6.07) is 9.65. The van der Waals surface area contributed by atoms with Crippen molar-refractivity contribution >= 4 is 32.9 Å². The number of nitrogens with one attached hydrogen (secondary N) is 1. The second-order valence-corrected chi connectivity index (χ2v) is 6.84. The van der Waals surface area contributed by atoms with Crippen LogP contribution in [0.5, 0.6) is 0 Å². The zero-order chi connectivity index (χ0) is 12.4. The van der Waals surface area contributed by atoms with E-state index in [1.165, 1.54) is 31.2 Å². The number of hydrogen-bond acceptors (Lipinski definition) is 3. The summed E-state index contributed by atoms with van der Waals surface area (Å²) in [4.78, 5) is 4.80. The van der Waals surface area contributed by atoms with Crippen molar-refractivity contribution in [1.29, 1.82) is 0 Å². The van der Waals surface area contributed by atoms with Crippen LogP contribution < -0.4 is 5.32 Å². The summed E-state index contributed by atoms with van der Waals surface area (Å²) in [5.41, 5.74) is 1.34. The van der Waals surface area contributed by atoms with Gasteiger partial charge in [-0.25, -0.2) is 0 Å². The number of aliphatic imine (C=N–C) groups is 1. The van der Waals surface area contributed by atoms with E-state index in [0.717, 1.165) is 15.4 Å². The average Bonchev–Trinajstić information content (AvgIpc) is 2.79. The van der Waals surface area contributed by atoms with Gasteiger partial charge in [0.25, 0.3) is 0 Å². The molecule has 2 aliphatic rings. The van der Waals surface area contributed by atoms with Crippen LogP contribution in [0.1, 0.15) is 31.2 Å². The highest BCUT2D eigenvalue weighted by Gasteiger charge is 2.30. The third kappa shape index (κ3) is 2.91. The van der Waals surface area contributed by atoms with Gasteiger partial charge in [0.05, 0.1) is 12.1 Å². The van der Waals surface area contributed by atoms with Crippen LogP contribution in [0, 0.1) is 0 Å². The quantitative estimate of drug-likeness (QED) is 0.890. The Morgan fingerprint density at radius 3 is 3.06 bits per heavy atom. The van der Waals surface area contributed by atoms with E-state index in [9.17, 15) is 0 Å². The molecule has 4 heteroatoms. The molecule has 0 saturated heterocycles. The van der Waals surface area contributed by atoms with E-state index >= 15 is 0 Å². The molecule has 96 valence electrons. The van der Waals surface area contributed by atoms with E-state index in [1.807, 2.05) is 11.8 Å². The highest BCUT2D eigenvalue weighted by Crippen LogP contribution is 2.28. The van der Waals surface area contributed by atoms with Crippen LogP contribution >= 0.6 is 27.7 Å². The zero-order valence-electron chi connectivity index (χ0n) is 10.2. The number of fused-ring (bicyclic) bond motifs is 1. The Balaban J connectivity index is 1.58. The van der Waals surface area contributed by atoms with Gasteiger partial charge in [0.15, 0.2) is 5.17 Å². The lowest BCUT2D eigenvalue weighted by Gasteiger charge is -2.23. The first-order chi connectivity index (χ1) is 8.81. The van der Waals surface area contributed by atoms with Gasteiger partial charge in [-0.05, 0) is 30.5 Å². The maximum atomic E-state index is 4.80. The number of hydrogen-bond donors (Lipinski definition) is 1. The molecule has 0 amide bonds. The van der Waals surface area contributed by atoms with Crippen LogP contribution in [0.3, 0.4) is 0 Å².